The number of benzene rings is 4. The minimum atomic E-state index is -3.82. The molecule has 0 spiro atoms. The first-order chi connectivity index (χ1) is 22.9. The molecule has 0 radical (unpaired) electrons. The molecular weight excluding hydrogens is 646 g/mol. The molecule has 248 valence electrons. The topological polar surface area (TPSA) is 101 Å². The Balaban J connectivity index is 1.55. The second-order valence-electron chi connectivity index (χ2n) is 11.4. The van der Waals surface area contributed by atoms with Crippen molar-refractivity contribution in [2.75, 3.05) is 31.6 Å². The van der Waals surface area contributed by atoms with Crippen molar-refractivity contribution in [1.29, 1.82) is 0 Å². The number of fused-ring (bicyclic) bond motifs is 1. The van der Waals surface area contributed by atoms with Gasteiger partial charge in [-0.1, -0.05) is 48.5 Å². The molecule has 1 aliphatic rings. The first-order valence-corrected chi connectivity index (χ1v) is 16.5. The molecule has 0 saturated carbocycles. The van der Waals surface area contributed by atoms with Gasteiger partial charge in [-0.05, 0) is 49.7 Å². The summed E-state index contributed by atoms with van der Waals surface area (Å²) in [5.74, 6) is -4.28. The van der Waals surface area contributed by atoms with Crippen LogP contribution in [-0.4, -0.2) is 53.1 Å². The van der Waals surface area contributed by atoms with E-state index in [0.717, 1.165) is 12.1 Å². The predicted molar refractivity (Wildman–Crippen MR) is 177 cm³/mol. The highest BCUT2D eigenvalue weighted by Gasteiger charge is 2.41. The zero-order valence-corrected chi connectivity index (χ0v) is 27.1. The van der Waals surface area contributed by atoms with Gasteiger partial charge in [0.25, 0.3) is 0 Å². The molecule has 13 heteroatoms. The third-order valence-corrected chi connectivity index (χ3v) is 10.6. The van der Waals surface area contributed by atoms with E-state index >= 15 is 4.39 Å². The lowest BCUT2D eigenvalue weighted by Gasteiger charge is -2.42. The average Bonchev–Trinajstić information content (AvgIpc) is 3.07. The third kappa shape index (κ3) is 5.76. The number of halogens is 3. The molecule has 1 N–H and O–H groups in total. The van der Waals surface area contributed by atoms with Gasteiger partial charge in [-0.2, -0.15) is 4.67 Å². The van der Waals surface area contributed by atoms with Gasteiger partial charge in [0.2, 0.25) is 5.43 Å². The fraction of sp³-hybridized carbons (Fsp3) is 0.200. The summed E-state index contributed by atoms with van der Waals surface area (Å²) in [6, 6.07) is 20.8. The van der Waals surface area contributed by atoms with Crippen LogP contribution in [0, 0.1) is 24.4 Å². The Labute approximate surface area is 274 Å². The lowest BCUT2D eigenvalue weighted by Crippen LogP contribution is -2.51. The van der Waals surface area contributed by atoms with Crippen molar-refractivity contribution < 1.29 is 36.7 Å². The van der Waals surface area contributed by atoms with E-state index in [2.05, 4.69) is 0 Å². The summed E-state index contributed by atoms with van der Waals surface area (Å²) >= 11 is 0. The summed E-state index contributed by atoms with van der Waals surface area (Å²) in [6.45, 7) is 3.64. The van der Waals surface area contributed by atoms with Crippen molar-refractivity contribution in [3.05, 3.63) is 124 Å². The highest BCUT2D eigenvalue weighted by Crippen LogP contribution is 2.53. The molecule has 1 aliphatic heterocycles. The molecule has 48 heavy (non-hydrogen) atoms. The number of carbonyl (C=O) groups is 1. The second-order valence-corrected chi connectivity index (χ2v) is 13.4. The molecule has 0 aliphatic carbocycles. The number of aromatic carboxylic acids is 1. The maximum atomic E-state index is 17.0. The van der Waals surface area contributed by atoms with Crippen LogP contribution in [0.5, 0.6) is 5.75 Å². The molecule has 2 unspecified atom stereocenters. The first kappa shape index (κ1) is 33.0. The molecule has 0 bridgehead atoms. The van der Waals surface area contributed by atoms with Gasteiger partial charge in [0, 0.05) is 55.8 Å². The Morgan fingerprint density at radius 3 is 2.21 bits per heavy atom. The van der Waals surface area contributed by atoms with E-state index in [1.807, 2.05) is 0 Å². The number of carboxylic acid groups (broad SMARTS) is 1. The molecule has 1 aromatic heterocycles. The molecule has 6 rings (SSSR count). The number of anilines is 1. The Morgan fingerprint density at radius 2 is 1.60 bits per heavy atom. The molecule has 2 atom stereocenters. The van der Waals surface area contributed by atoms with Gasteiger partial charge in [-0.15, -0.1) is 0 Å². The molecule has 5 aromatic rings. The van der Waals surface area contributed by atoms with E-state index in [1.165, 1.54) is 30.7 Å². The van der Waals surface area contributed by atoms with Crippen molar-refractivity contribution in [2.24, 2.45) is 0 Å². The second kappa shape index (κ2) is 13.0. The average molecular weight is 678 g/mol. The van der Waals surface area contributed by atoms with Gasteiger partial charge >= 0.3 is 13.7 Å². The molecular formula is C35H31F3N3O6P. The zero-order chi connectivity index (χ0) is 34.3. The molecule has 2 heterocycles. The number of hydrogen-bond donors (Lipinski definition) is 1. The largest absolute Gasteiger partial charge is 0.477 e. The van der Waals surface area contributed by atoms with Crippen molar-refractivity contribution in [3.8, 4) is 22.6 Å². The summed E-state index contributed by atoms with van der Waals surface area (Å²) in [5.41, 5.74) is -1.24. The Bertz CT molecular complexity index is 2150. The molecule has 1 fully saturated rings. The maximum absolute atomic E-state index is 17.0. The summed E-state index contributed by atoms with van der Waals surface area (Å²) in [6.07, 6.45) is 0. The number of piperazine rings is 1. The summed E-state index contributed by atoms with van der Waals surface area (Å²) in [4.78, 5) is 28.1. The fourth-order valence-corrected chi connectivity index (χ4v) is 7.94. The van der Waals surface area contributed by atoms with Crippen molar-refractivity contribution in [3.63, 3.8) is 0 Å². The van der Waals surface area contributed by atoms with Gasteiger partial charge in [0.05, 0.1) is 16.6 Å². The van der Waals surface area contributed by atoms with Crippen LogP contribution in [0.25, 0.3) is 27.7 Å². The van der Waals surface area contributed by atoms with Crippen LogP contribution in [-0.2, 0) is 9.09 Å². The number of para-hydroxylation sites is 1. The van der Waals surface area contributed by atoms with Gasteiger partial charge in [-0.3, -0.25) is 9.32 Å². The monoisotopic (exact) mass is 677 g/mol. The Kier molecular flexibility index (Phi) is 8.91. The van der Waals surface area contributed by atoms with Crippen LogP contribution in [0.2, 0.25) is 0 Å². The van der Waals surface area contributed by atoms with Crippen molar-refractivity contribution in [1.82, 2.24) is 9.24 Å². The van der Waals surface area contributed by atoms with E-state index in [0.29, 0.717) is 11.3 Å². The van der Waals surface area contributed by atoms with Gasteiger partial charge in [0.1, 0.15) is 11.3 Å². The van der Waals surface area contributed by atoms with Crippen LogP contribution < -0.4 is 14.9 Å². The molecule has 4 aromatic carbocycles. The third-order valence-electron chi connectivity index (χ3n) is 8.50. The maximum Gasteiger partial charge on any atom is 0.461 e. The van der Waals surface area contributed by atoms with Crippen LogP contribution in [0.4, 0.5) is 18.9 Å². The SMILES string of the molecule is COP(=O)(Oc1ccccc1)N1CCN(c2cc3c(c(-c4ccccc4)c2F)c(=O)c(C(=O)O)c(C)n3-c2ccc(F)c(F)c2)CC1C. The predicted octanol–water partition coefficient (Wildman–Crippen LogP) is 7.43. The number of carboxylic acids is 1. The van der Waals surface area contributed by atoms with Crippen LogP contribution >= 0.6 is 7.75 Å². The van der Waals surface area contributed by atoms with Crippen molar-refractivity contribution >= 4 is 30.3 Å². The summed E-state index contributed by atoms with van der Waals surface area (Å²) in [5, 5.41) is 9.87. The first-order valence-electron chi connectivity index (χ1n) is 15.0. The van der Waals surface area contributed by atoms with E-state index in [1.54, 1.807) is 77.2 Å². The lowest BCUT2D eigenvalue weighted by molar-refractivity contribution is 0.0694. The van der Waals surface area contributed by atoms with Gasteiger partial charge in [-0.25, -0.2) is 22.5 Å². The summed E-state index contributed by atoms with van der Waals surface area (Å²) < 4.78 is 73.6. The number of hydrogen-bond acceptors (Lipinski definition) is 6. The van der Waals surface area contributed by atoms with Crippen LogP contribution in [0.15, 0.2) is 89.7 Å². The van der Waals surface area contributed by atoms with E-state index in [-0.39, 0.29) is 53.2 Å². The Hall–Kier alpha value is -4.90. The highest BCUT2D eigenvalue weighted by atomic mass is 31.2. The number of nitrogens with zero attached hydrogens (tertiary/aromatic N) is 3. The number of pyridine rings is 1. The van der Waals surface area contributed by atoms with Gasteiger partial charge < -0.3 is 19.1 Å². The lowest BCUT2D eigenvalue weighted by atomic mass is 9.95. The summed E-state index contributed by atoms with van der Waals surface area (Å²) in [7, 11) is -2.52. The normalized spacial score (nSPS) is 16.5. The Morgan fingerprint density at radius 1 is 0.938 bits per heavy atom. The minimum Gasteiger partial charge on any atom is -0.477 e. The quantitative estimate of drug-likeness (QED) is 0.169. The number of aromatic nitrogens is 1. The minimum absolute atomic E-state index is 0.0350. The van der Waals surface area contributed by atoms with Crippen LogP contribution in [0.1, 0.15) is 23.0 Å². The molecule has 1 saturated heterocycles. The smallest absolute Gasteiger partial charge is 0.461 e. The van der Waals surface area contributed by atoms with Crippen LogP contribution in [0.3, 0.4) is 0 Å². The van der Waals surface area contributed by atoms with E-state index in [4.69, 9.17) is 9.05 Å². The molecule has 0 amide bonds. The highest BCUT2D eigenvalue weighted by molar-refractivity contribution is 7.51. The van der Waals surface area contributed by atoms with E-state index in [9.17, 15) is 28.0 Å². The standard InChI is InChI=1S/C35H31F3N3O6P/c1-21-20-39(16-17-40(21)48(45,46-3)47-25-12-8-5-9-13-25)29-19-28-32(31(33(29)38)23-10-6-4-7-11-23)34(42)30(35(43)44)22(2)41(28)24-14-15-26(36)27(37)18-24/h4-15,18-19,21H,16-17,20H2,1-3H3,(H,43,44). The zero-order valence-electron chi connectivity index (χ0n) is 26.2. The van der Waals surface area contributed by atoms with Gasteiger partial charge in [0.15, 0.2) is 17.5 Å². The molecule has 9 nitrogen and oxygen atoms in total. The number of rotatable bonds is 8. The fourth-order valence-electron chi connectivity index (χ4n) is 6.27. The van der Waals surface area contributed by atoms with E-state index < -0.39 is 48.2 Å². The van der Waals surface area contributed by atoms with Crippen molar-refractivity contribution in [2.45, 2.75) is 19.9 Å².